The van der Waals surface area contributed by atoms with Gasteiger partial charge in [-0.1, -0.05) is 12.1 Å². The van der Waals surface area contributed by atoms with Gasteiger partial charge in [-0.05, 0) is 61.3 Å². The Morgan fingerprint density at radius 3 is 2.03 bits per heavy atom. The first kappa shape index (κ1) is 20.0. The van der Waals surface area contributed by atoms with Crippen molar-refractivity contribution in [3.8, 4) is 11.5 Å². The zero-order valence-corrected chi connectivity index (χ0v) is 17.7. The molecule has 0 unspecified atom stereocenters. The molecular formula is C24H33N3O2. The lowest BCUT2D eigenvalue weighted by Gasteiger charge is -2.44. The normalized spacial score (nSPS) is 21.2. The van der Waals surface area contributed by atoms with Crippen LogP contribution in [0.3, 0.4) is 0 Å². The third-order valence-electron chi connectivity index (χ3n) is 6.31. The number of hydrogen-bond donors (Lipinski definition) is 0. The van der Waals surface area contributed by atoms with Crippen LogP contribution in [0.4, 0.5) is 5.69 Å². The molecule has 2 fully saturated rings. The average molecular weight is 396 g/mol. The van der Waals surface area contributed by atoms with Gasteiger partial charge < -0.3 is 14.4 Å². The van der Waals surface area contributed by atoms with Crippen molar-refractivity contribution in [1.82, 2.24) is 9.80 Å². The van der Waals surface area contributed by atoms with E-state index in [0.717, 1.165) is 44.2 Å². The molecule has 0 amide bonds. The van der Waals surface area contributed by atoms with Gasteiger partial charge in [0.1, 0.15) is 11.5 Å². The molecule has 4 rings (SSSR count). The lowest BCUT2D eigenvalue weighted by molar-refractivity contribution is 0.0887. The molecule has 5 nitrogen and oxygen atoms in total. The lowest BCUT2D eigenvalue weighted by atomic mass is 10.0. The summed E-state index contributed by atoms with van der Waals surface area (Å²) >= 11 is 0. The number of rotatable bonds is 6. The predicted molar refractivity (Wildman–Crippen MR) is 118 cm³/mol. The summed E-state index contributed by atoms with van der Waals surface area (Å²) in [5, 5.41) is 0. The SMILES string of the molecule is COc1ccc(CN2CCC[C@@H](N3CCN(c4ccc(OC)cc4)CC3)C2)cc1. The summed E-state index contributed by atoms with van der Waals surface area (Å²) < 4.78 is 10.6. The predicted octanol–water partition coefficient (Wildman–Crippen LogP) is 3.49. The van der Waals surface area contributed by atoms with Crippen LogP contribution < -0.4 is 14.4 Å². The van der Waals surface area contributed by atoms with E-state index in [1.54, 1.807) is 14.2 Å². The third kappa shape index (κ3) is 5.03. The van der Waals surface area contributed by atoms with Gasteiger partial charge in [-0.15, -0.1) is 0 Å². The second-order valence-corrected chi connectivity index (χ2v) is 8.10. The van der Waals surface area contributed by atoms with E-state index in [4.69, 9.17) is 9.47 Å². The molecule has 0 N–H and O–H groups in total. The molecule has 0 radical (unpaired) electrons. The Bertz CT molecular complexity index is 755. The molecule has 0 aliphatic carbocycles. The number of hydrogen-bond acceptors (Lipinski definition) is 5. The van der Waals surface area contributed by atoms with Crippen LogP contribution in [0.25, 0.3) is 0 Å². The molecule has 2 saturated heterocycles. The molecule has 2 aliphatic rings. The second-order valence-electron chi connectivity index (χ2n) is 8.10. The Morgan fingerprint density at radius 1 is 0.793 bits per heavy atom. The van der Waals surface area contributed by atoms with E-state index in [0.29, 0.717) is 6.04 Å². The van der Waals surface area contributed by atoms with E-state index in [-0.39, 0.29) is 0 Å². The highest BCUT2D eigenvalue weighted by atomic mass is 16.5. The van der Waals surface area contributed by atoms with Gasteiger partial charge in [0.2, 0.25) is 0 Å². The fraction of sp³-hybridized carbons (Fsp3) is 0.500. The first-order valence-corrected chi connectivity index (χ1v) is 10.7. The van der Waals surface area contributed by atoms with Crippen molar-refractivity contribution in [3.05, 3.63) is 54.1 Å². The molecule has 1 atom stereocenters. The minimum atomic E-state index is 0.681. The second kappa shape index (κ2) is 9.51. The molecule has 0 saturated carbocycles. The van der Waals surface area contributed by atoms with Crippen LogP contribution in [0.1, 0.15) is 18.4 Å². The Kier molecular flexibility index (Phi) is 6.57. The third-order valence-corrected chi connectivity index (χ3v) is 6.31. The van der Waals surface area contributed by atoms with Crippen LogP contribution in [0.2, 0.25) is 0 Å². The fourth-order valence-electron chi connectivity index (χ4n) is 4.60. The highest BCUT2D eigenvalue weighted by molar-refractivity contribution is 5.49. The standard InChI is InChI=1S/C24H33N3O2/c1-28-23-9-5-20(6-10-23)18-25-13-3-4-22(19-25)27-16-14-26(15-17-27)21-7-11-24(29-2)12-8-21/h5-12,22H,3-4,13-19H2,1-2H3/t22-/m1/s1. The largest absolute Gasteiger partial charge is 0.497 e. The zero-order valence-electron chi connectivity index (χ0n) is 17.7. The average Bonchev–Trinajstić information content (AvgIpc) is 2.80. The Balaban J connectivity index is 1.28. The molecule has 2 aromatic carbocycles. The number of methoxy groups -OCH3 is 2. The smallest absolute Gasteiger partial charge is 0.119 e. The van der Waals surface area contributed by atoms with E-state index in [2.05, 4.69) is 63.2 Å². The monoisotopic (exact) mass is 395 g/mol. The minimum absolute atomic E-state index is 0.681. The van der Waals surface area contributed by atoms with Crippen molar-refractivity contribution < 1.29 is 9.47 Å². The summed E-state index contributed by atoms with van der Waals surface area (Å²) in [7, 11) is 3.44. The van der Waals surface area contributed by atoms with Gasteiger partial charge in [0.25, 0.3) is 0 Å². The number of piperidine rings is 1. The van der Waals surface area contributed by atoms with Crippen molar-refractivity contribution in [2.24, 2.45) is 0 Å². The first-order chi connectivity index (χ1) is 14.2. The van der Waals surface area contributed by atoms with Crippen molar-refractivity contribution in [2.75, 3.05) is 58.4 Å². The molecule has 29 heavy (non-hydrogen) atoms. The molecule has 2 heterocycles. The summed E-state index contributed by atoms with van der Waals surface area (Å²) in [6.45, 7) is 7.90. The maximum atomic E-state index is 5.28. The molecule has 2 aliphatic heterocycles. The van der Waals surface area contributed by atoms with Crippen LogP contribution in [-0.2, 0) is 6.54 Å². The van der Waals surface area contributed by atoms with Crippen molar-refractivity contribution in [3.63, 3.8) is 0 Å². The summed E-state index contributed by atoms with van der Waals surface area (Å²) in [5.74, 6) is 1.85. The van der Waals surface area contributed by atoms with E-state index >= 15 is 0 Å². The highest BCUT2D eigenvalue weighted by Crippen LogP contribution is 2.24. The fourth-order valence-corrected chi connectivity index (χ4v) is 4.60. The number of benzene rings is 2. The quantitative estimate of drug-likeness (QED) is 0.747. The van der Waals surface area contributed by atoms with Crippen LogP contribution >= 0.6 is 0 Å². The molecule has 0 aromatic heterocycles. The van der Waals surface area contributed by atoms with E-state index in [9.17, 15) is 0 Å². The van der Waals surface area contributed by atoms with Gasteiger partial charge in [0.05, 0.1) is 14.2 Å². The Morgan fingerprint density at radius 2 is 1.41 bits per heavy atom. The topological polar surface area (TPSA) is 28.2 Å². The van der Waals surface area contributed by atoms with Crippen LogP contribution in [0.15, 0.2) is 48.5 Å². The zero-order chi connectivity index (χ0) is 20.1. The lowest BCUT2D eigenvalue weighted by Crippen LogP contribution is -2.55. The molecule has 0 spiro atoms. The maximum Gasteiger partial charge on any atom is 0.119 e. The van der Waals surface area contributed by atoms with Gasteiger partial charge in [-0.2, -0.15) is 0 Å². The summed E-state index contributed by atoms with van der Waals surface area (Å²) in [5.41, 5.74) is 2.67. The number of likely N-dealkylation sites (tertiary alicyclic amines) is 1. The number of ether oxygens (including phenoxy) is 2. The number of anilines is 1. The van der Waals surface area contributed by atoms with Crippen LogP contribution in [0, 0.1) is 0 Å². The first-order valence-electron chi connectivity index (χ1n) is 10.7. The van der Waals surface area contributed by atoms with Gasteiger partial charge in [0, 0.05) is 51.0 Å². The molecule has 2 aromatic rings. The highest BCUT2D eigenvalue weighted by Gasteiger charge is 2.28. The van der Waals surface area contributed by atoms with Gasteiger partial charge in [-0.3, -0.25) is 9.80 Å². The molecule has 5 heteroatoms. The van der Waals surface area contributed by atoms with Crippen molar-refractivity contribution in [1.29, 1.82) is 0 Å². The van der Waals surface area contributed by atoms with E-state index < -0.39 is 0 Å². The Hall–Kier alpha value is -2.24. The van der Waals surface area contributed by atoms with Gasteiger partial charge in [-0.25, -0.2) is 0 Å². The minimum Gasteiger partial charge on any atom is -0.497 e. The van der Waals surface area contributed by atoms with Crippen molar-refractivity contribution in [2.45, 2.75) is 25.4 Å². The Labute approximate surface area is 174 Å². The maximum absolute atomic E-state index is 5.28. The van der Waals surface area contributed by atoms with Crippen LogP contribution in [0.5, 0.6) is 11.5 Å². The summed E-state index contributed by atoms with van der Waals surface area (Å²) in [4.78, 5) is 7.82. The molecule has 156 valence electrons. The van der Waals surface area contributed by atoms with Gasteiger partial charge in [0.15, 0.2) is 0 Å². The van der Waals surface area contributed by atoms with Gasteiger partial charge >= 0.3 is 0 Å². The number of piperazine rings is 1. The molecular weight excluding hydrogens is 362 g/mol. The summed E-state index contributed by atoms with van der Waals surface area (Å²) in [6.07, 6.45) is 2.61. The summed E-state index contributed by atoms with van der Waals surface area (Å²) in [6, 6.07) is 17.6. The van der Waals surface area contributed by atoms with Crippen molar-refractivity contribution >= 4 is 5.69 Å². The molecule has 0 bridgehead atoms. The van der Waals surface area contributed by atoms with Crippen LogP contribution in [-0.4, -0.2) is 69.3 Å². The van der Waals surface area contributed by atoms with E-state index in [1.165, 1.54) is 37.2 Å². The van der Waals surface area contributed by atoms with E-state index in [1.807, 2.05) is 0 Å². The number of nitrogens with zero attached hydrogens (tertiary/aromatic N) is 3.